The van der Waals surface area contributed by atoms with Crippen molar-refractivity contribution in [3.63, 3.8) is 0 Å². The lowest BCUT2D eigenvalue weighted by Gasteiger charge is -2.27. The van der Waals surface area contributed by atoms with Crippen molar-refractivity contribution in [2.45, 2.75) is 51.5 Å². The number of para-hydroxylation sites is 1. The number of hydrogen-bond donors (Lipinski definition) is 0. The van der Waals surface area contributed by atoms with Gasteiger partial charge < -0.3 is 4.74 Å². The quantitative estimate of drug-likeness (QED) is 0.664. The molecule has 0 heterocycles. The van der Waals surface area contributed by atoms with Crippen molar-refractivity contribution in [3.8, 4) is 0 Å². The van der Waals surface area contributed by atoms with Crippen LogP contribution in [0.25, 0.3) is 0 Å². The summed E-state index contributed by atoms with van der Waals surface area (Å²) in [5, 5.41) is 0. The molecule has 0 aliphatic rings. The van der Waals surface area contributed by atoms with Gasteiger partial charge in [0.15, 0.2) is 0 Å². The molecule has 2 aromatic rings. The molecule has 0 aromatic heterocycles. The van der Waals surface area contributed by atoms with Crippen molar-refractivity contribution >= 4 is 21.7 Å². The monoisotopic (exact) mass is 389 g/mol. The van der Waals surface area contributed by atoms with Gasteiger partial charge in [-0.05, 0) is 50.5 Å². The van der Waals surface area contributed by atoms with Crippen LogP contribution in [-0.2, 0) is 19.6 Å². The standard InChI is InChI=1S/C21H27NO4S/c1-15(2)19-8-6-7-9-20(19)22(14-21(23)26-16(3)4)27(24,25)18-12-10-17(5)11-13-18/h6-13,15-16H,14H2,1-5H3. The van der Waals surface area contributed by atoms with Crippen LogP contribution in [-0.4, -0.2) is 27.0 Å². The van der Waals surface area contributed by atoms with Gasteiger partial charge in [-0.15, -0.1) is 0 Å². The number of nitrogens with zero attached hydrogens (tertiary/aromatic N) is 1. The molecule has 0 spiro atoms. The zero-order chi connectivity index (χ0) is 20.2. The van der Waals surface area contributed by atoms with E-state index in [1.165, 1.54) is 0 Å². The summed E-state index contributed by atoms with van der Waals surface area (Å²) in [4.78, 5) is 12.5. The number of aryl methyl sites for hydroxylation is 1. The number of benzene rings is 2. The summed E-state index contributed by atoms with van der Waals surface area (Å²) in [5.41, 5.74) is 2.31. The molecule has 5 nitrogen and oxygen atoms in total. The summed E-state index contributed by atoms with van der Waals surface area (Å²) in [6.07, 6.45) is -0.318. The van der Waals surface area contributed by atoms with Gasteiger partial charge >= 0.3 is 5.97 Å². The maximum atomic E-state index is 13.4. The fraction of sp³-hybridized carbons (Fsp3) is 0.381. The Morgan fingerprint density at radius 1 is 1.00 bits per heavy atom. The lowest BCUT2D eigenvalue weighted by Crippen LogP contribution is -2.38. The molecule has 0 radical (unpaired) electrons. The van der Waals surface area contributed by atoms with E-state index in [1.807, 2.05) is 32.9 Å². The highest BCUT2D eigenvalue weighted by atomic mass is 32.2. The third kappa shape index (κ3) is 5.10. The minimum Gasteiger partial charge on any atom is -0.462 e. The van der Waals surface area contributed by atoms with Crippen molar-refractivity contribution in [3.05, 3.63) is 59.7 Å². The van der Waals surface area contributed by atoms with Crippen LogP contribution >= 0.6 is 0 Å². The second-order valence-electron chi connectivity index (χ2n) is 7.08. The number of anilines is 1. The normalized spacial score (nSPS) is 11.7. The van der Waals surface area contributed by atoms with E-state index in [-0.39, 0.29) is 23.5 Å². The first-order valence-electron chi connectivity index (χ1n) is 9.00. The van der Waals surface area contributed by atoms with Crippen molar-refractivity contribution < 1.29 is 17.9 Å². The highest BCUT2D eigenvalue weighted by Crippen LogP contribution is 2.31. The molecule has 2 rings (SSSR count). The molecule has 0 atom stereocenters. The van der Waals surface area contributed by atoms with Gasteiger partial charge in [-0.25, -0.2) is 8.42 Å². The first kappa shape index (κ1) is 21.0. The predicted octanol–water partition coefficient (Wildman–Crippen LogP) is 4.27. The van der Waals surface area contributed by atoms with Crippen LogP contribution in [0, 0.1) is 6.92 Å². The van der Waals surface area contributed by atoms with Crippen LogP contribution in [0.3, 0.4) is 0 Å². The molecule has 0 aliphatic heterocycles. The molecule has 0 amide bonds. The third-order valence-electron chi connectivity index (χ3n) is 4.08. The number of hydrogen-bond acceptors (Lipinski definition) is 4. The van der Waals surface area contributed by atoms with E-state index in [1.54, 1.807) is 50.2 Å². The lowest BCUT2D eigenvalue weighted by atomic mass is 10.0. The largest absolute Gasteiger partial charge is 0.462 e. The highest BCUT2D eigenvalue weighted by molar-refractivity contribution is 7.92. The van der Waals surface area contributed by atoms with Crippen LogP contribution in [0.1, 0.15) is 44.7 Å². The Bertz CT molecular complexity index is 887. The van der Waals surface area contributed by atoms with Crippen molar-refractivity contribution in [2.75, 3.05) is 10.8 Å². The zero-order valence-corrected chi connectivity index (χ0v) is 17.3. The van der Waals surface area contributed by atoms with E-state index in [0.717, 1.165) is 15.4 Å². The molecule has 2 aromatic carbocycles. The smallest absolute Gasteiger partial charge is 0.327 e. The molecule has 6 heteroatoms. The van der Waals surface area contributed by atoms with Gasteiger partial charge in [0.2, 0.25) is 0 Å². The van der Waals surface area contributed by atoms with E-state index >= 15 is 0 Å². The van der Waals surface area contributed by atoms with Gasteiger partial charge in [-0.3, -0.25) is 9.10 Å². The van der Waals surface area contributed by atoms with E-state index < -0.39 is 16.0 Å². The van der Waals surface area contributed by atoms with Crippen LogP contribution < -0.4 is 4.31 Å². The van der Waals surface area contributed by atoms with E-state index in [4.69, 9.17) is 4.74 Å². The minimum absolute atomic E-state index is 0.0954. The molecule has 27 heavy (non-hydrogen) atoms. The number of carbonyl (C=O) groups is 1. The molecule has 0 N–H and O–H groups in total. The van der Waals surface area contributed by atoms with Gasteiger partial charge in [0.25, 0.3) is 10.0 Å². The Balaban J connectivity index is 2.56. The summed E-state index contributed by atoms with van der Waals surface area (Å²) in [7, 11) is -3.93. The summed E-state index contributed by atoms with van der Waals surface area (Å²) in [6.45, 7) is 8.96. The van der Waals surface area contributed by atoms with E-state index in [0.29, 0.717) is 5.69 Å². The molecule has 0 saturated carbocycles. The number of sulfonamides is 1. The van der Waals surface area contributed by atoms with Crippen molar-refractivity contribution in [1.82, 2.24) is 0 Å². The van der Waals surface area contributed by atoms with Crippen LogP contribution in [0.15, 0.2) is 53.4 Å². The van der Waals surface area contributed by atoms with E-state index in [2.05, 4.69) is 0 Å². The second-order valence-corrected chi connectivity index (χ2v) is 8.94. The Morgan fingerprint density at radius 2 is 1.59 bits per heavy atom. The number of esters is 1. The first-order chi connectivity index (χ1) is 12.6. The topological polar surface area (TPSA) is 63.7 Å². The zero-order valence-electron chi connectivity index (χ0n) is 16.5. The van der Waals surface area contributed by atoms with Crippen molar-refractivity contribution in [1.29, 1.82) is 0 Å². The summed E-state index contributed by atoms with van der Waals surface area (Å²) in [6, 6.07) is 13.8. The molecular formula is C21H27NO4S. The Labute approximate surface area is 162 Å². The van der Waals surface area contributed by atoms with Crippen molar-refractivity contribution in [2.24, 2.45) is 0 Å². The Kier molecular flexibility index (Phi) is 6.65. The summed E-state index contributed by atoms with van der Waals surface area (Å²) < 4.78 is 33.1. The SMILES string of the molecule is Cc1ccc(S(=O)(=O)N(CC(=O)OC(C)C)c2ccccc2C(C)C)cc1. The highest BCUT2D eigenvalue weighted by Gasteiger charge is 2.30. The number of ether oxygens (including phenoxy) is 1. The molecule has 0 fully saturated rings. The molecule has 0 aliphatic carbocycles. The summed E-state index contributed by atoms with van der Waals surface area (Å²) >= 11 is 0. The first-order valence-corrected chi connectivity index (χ1v) is 10.4. The predicted molar refractivity (Wildman–Crippen MR) is 107 cm³/mol. The fourth-order valence-electron chi connectivity index (χ4n) is 2.76. The Morgan fingerprint density at radius 3 is 2.15 bits per heavy atom. The third-order valence-corrected chi connectivity index (χ3v) is 5.85. The fourth-order valence-corrected chi connectivity index (χ4v) is 4.19. The average Bonchev–Trinajstić information content (AvgIpc) is 2.59. The minimum atomic E-state index is -3.93. The molecule has 0 saturated heterocycles. The lowest BCUT2D eigenvalue weighted by molar-refractivity contribution is -0.145. The van der Waals surface area contributed by atoms with Crippen LogP contribution in [0.2, 0.25) is 0 Å². The molecule has 0 unspecified atom stereocenters. The van der Waals surface area contributed by atoms with E-state index in [9.17, 15) is 13.2 Å². The summed E-state index contributed by atoms with van der Waals surface area (Å²) in [5.74, 6) is -0.489. The second kappa shape index (κ2) is 8.57. The maximum absolute atomic E-state index is 13.4. The van der Waals surface area contributed by atoms with Gasteiger partial charge in [-0.2, -0.15) is 0 Å². The van der Waals surface area contributed by atoms with Gasteiger partial charge in [0.1, 0.15) is 6.54 Å². The average molecular weight is 390 g/mol. The molecular weight excluding hydrogens is 362 g/mol. The molecule has 146 valence electrons. The van der Waals surface area contributed by atoms with Crippen LogP contribution in [0.5, 0.6) is 0 Å². The van der Waals surface area contributed by atoms with Crippen LogP contribution in [0.4, 0.5) is 5.69 Å². The maximum Gasteiger partial charge on any atom is 0.327 e. The van der Waals surface area contributed by atoms with Gasteiger partial charge in [0, 0.05) is 0 Å². The number of rotatable bonds is 7. The van der Waals surface area contributed by atoms with Gasteiger partial charge in [0.05, 0.1) is 16.7 Å². The van der Waals surface area contributed by atoms with Gasteiger partial charge in [-0.1, -0.05) is 49.7 Å². The molecule has 0 bridgehead atoms. The number of carbonyl (C=O) groups excluding carboxylic acids is 1. The Hall–Kier alpha value is -2.34.